The summed E-state index contributed by atoms with van der Waals surface area (Å²) >= 11 is 0. The standard InChI is InChI=1S/C18H24N2O3/c1-5-12-22-15-6-8-16(9-7-15)23-18(21)11-10-17-13(2)19-20(4)14(17)3/h6-9H,5,10-12H2,1-4H3. The smallest absolute Gasteiger partial charge is 0.311 e. The SMILES string of the molecule is CCCOc1ccc(OC(=O)CCc2c(C)nn(C)c2C)cc1. The van der Waals surface area contributed by atoms with E-state index in [-0.39, 0.29) is 5.97 Å². The Balaban J connectivity index is 1.87. The molecule has 0 bridgehead atoms. The minimum Gasteiger partial charge on any atom is -0.494 e. The van der Waals surface area contributed by atoms with Crippen molar-refractivity contribution in [2.45, 2.75) is 40.0 Å². The molecule has 5 nitrogen and oxygen atoms in total. The summed E-state index contributed by atoms with van der Waals surface area (Å²) in [6.45, 7) is 6.71. The van der Waals surface area contributed by atoms with Crippen molar-refractivity contribution in [1.29, 1.82) is 0 Å². The summed E-state index contributed by atoms with van der Waals surface area (Å²) in [4.78, 5) is 12.0. The topological polar surface area (TPSA) is 53.4 Å². The Morgan fingerprint density at radius 2 is 1.83 bits per heavy atom. The van der Waals surface area contributed by atoms with Crippen LogP contribution in [0.15, 0.2) is 24.3 Å². The molecule has 2 aromatic rings. The monoisotopic (exact) mass is 316 g/mol. The molecule has 0 unspecified atom stereocenters. The van der Waals surface area contributed by atoms with Gasteiger partial charge in [-0.25, -0.2) is 0 Å². The van der Waals surface area contributed by atoms with Crippen molar-refractivity contribution in [2.75, 3.05) is 6.61 Å². The third-order valence-corrected chi connectivity index (χ3v) is 3.77. The molecule has 0 fully saturated rings. The van der Waals surface area contributed by atoms with Gasteiger partial charge in [0, 0.05) is 12.7 Å². The number of nitrogens with zero attached hydrogens (tertiary/aromatic N) is 2. The zero-order valence-electron chi connectivity index (χ0n) is 14.3. The van der Waals surface area contributed by atoms with E-state index in [4.69, 9.17) is 9.47 Å². The molecule has 0 spiro atoms. The second kappa shape index (κ2) is 7.81. The predicted molar refractivity (Wildman–Crippen MR) is 88.9 cm³/mol. The van der Waals surface area contributed by atoms with Crippen molar-refractivity contribution in [1.82, 2.24) is 9.78 Å². The van der Waals surface area contributed by atoms with Gasteiger partial charge in [-0.15, -0.1) is 0 Å². The Bertz CT molecular complexity index is 660. The third kappa shape index (κ3) is 4.58. The van der Waals surface area contributed by atoms with Crippen LogP contribution in [0.3, 0.4) is 0 Å². The average molecular weight is 316 g/mol. The van der Waals surface area contributed by atoms with E-state index >= 15 is 0 Å². The fourth-order valence-electron chi connectivity index (χ4n) is 2.41. The first-order chi connectivity index (χ1) is 11.0. The highest BCUT2D eigenvalue weighted by molar-refractivity contribution is 5.72. The van der Waals surface area contributed by atoms with Crippen LogP contribution >= 0.6 is 0 Å². The minimum absolute atomic E-state index is 0.241. The third-order valence-electron chi connectivity index (χ3n) is 3.77. The Kier molecular flexibility index (Phi) is 5.79. The van der Waals surface area contributed by atoms with Crippen molar-refractivity contribution in [3.05, 3.63) is 41.2 Å². The second-order valence-electron chi connectivity index (χ2n) is 5.57. The normalized spacial score (nSPS) is 10.6. The van der Waals surface area contributed by atoms with Gasteiger partial charge >= 0.3 is 5.97 Å². The van der Waals surface area contributed by atoms with Crippen LogP contribution in [0, 0.1) is 13.8 Å². The van der Waals surface area contributed by atoms with Gasteiger partial charge < -0.3 is 9.47 Å². The predicted octanol–water partition coefficient (Wildman–Crippen LogP) is 3.36. The first-order valence-electron chi connectivity index (χ1n) is 7.94. The molecule has 0 aliphatic heterocycles. The van der Waals surface area contributed by atoms with Crippen molar-refractivity contribution < 1.29 is 14.3 Å². The number of carbonyl (C=O) groups excluding carboxylic acids is 1. The fourth-order valence-corrected chi connectivity index (χ4v) is 2.41. The van der Waals surface area contributed by atoms with Gasteiger partial charge in [-0.2, -0.15) is 5.10 Å². The Morgan fingerprint density at radius 3 is 2.39 bits per heavy atom. The van der Waals surface area contributed by atoms with Crippen LogP contribution in [0.2, 0.25) is 0 Å². The lowest BCUT2D eigenvalue weighted by atomic mass is 10.1. The Hall–Kier alpha value is -2.30. The van der Waals surface area contributed by atoms with Crippen molar-refractivity contribution in [3.63, 3.8) is 0 Å². The van der Waals surface area contributed by atoms with Crippen LogP contribution in [0.5, 0.6) is 11.5 Å². The quantitative estimate of drug-likeness (QED) is 0.580. The lowest BCUT2D eigenvalue weighted by Crippen LogP contribution is -2.09. The number of carbonyl (C=O) groups is 1. The number of esters is 1. The molecule has 5 heteroatoms. The van der Waals surface area contributed by atoms with E-state index in [9.17, 15) is 4.79 Å². The van der Waals surface area contributed by atoms with Gasteiger partial charge in [0.2, 0.25) is 0 Å². The maximum atomic E-state index is 12.0. The highest BCUT2D eigenvalue weighted by atomic mass is 16.5. The summed E-state index contributed by atoms with van der Waals surface area (Å²) in [5.41, 5.74) is 3.18. The molecule has 0 atom stereocenters. The van der Waals surface area contributed by atoms with E-state index in [0.717, 1.165) is 29.1 Å². The summed E-state index contributed by atoms with van der Waals surface area (Å²) in [5.74, 6) is 1.08. The zero-order chi connectivity index (χ0) is 16.8. The molecular formula is C18H24N2O3. The van der Waals surface area contributed by atoms with Gasteiger partial charge in [-0.3, -0.25) is 9.48 Å². The van der Waals surface area contributed by atoms with Crippen molar-refractivity contribution in [2.24, 2.45) is 7.05 Å². The van der Waals surface area contributed by atoms with E-state index in [2.05, 4.69) is 12.0 Å². The number of benzene rings is 1. The Morgan fingerprint density at radius 1 is 1.17 bits per heavy atom. The van der Waals surface area contributed by atoms with E-state index in [1.54, 1.807) is 12.1 Å². The minimum atomic E-state index is -0.241. The number of aryl methyl sites for hydroxylation is 2. The van der Waals surface area contributed by atoms with Crippen molar-refractivity contribution >= 4 is 5.97 Å². The average Bonchev–Trinajstić information content (AvgIpc) is 2.77. The molecule has 0 aliphatic carbocycles. The molecule has 0 saturated carbocycles. The lowest BCUT2D eigenvalue weighted by molar-refractivity contribution is -0.134. The molecule has 0 N–H and O–H groups in total. The van der Waals surface area contributed by atoms with E-state index in [0.29, 0.717) is 25.2 Å². The lowest BCUT2D eigenvalue weighted by Gasteiger charge is -2.07. The molecule has 0 radical (unpaired) electrons. The van der Waals surface area contributed by atoms with Crippen LogP contribution in [-0.2, 0) is 18.3 Å². The van der Waals surface area contributed by atoms with E-state index in [1.807, 2.05) is 37.7 Å². The van der Waals surface area contributed by atoms with Gasteiger partial charge in [0.1, 0.15) is 11.5 Å². The summed E-state index contributed by atoms with van der Waals surface area (Å²) in [7, 11) is 1.91. The summed E-state index contributed by atoms with van der Waals surface area (Å²) in [6, 6.07) is 7.13. The maximum Gasteiger partial charge on any atom is 0.311 e. The summed E-state index contributed by atoms with van der Waals surface area (Å²) in [6.07, 6.45) is 1.94. The first-order valence-corrected chi connectivity index (χ1v) is 7.94. The van der Waals surface area contributed by atoms with Gasteiger partial charge in [-0.05, 0) is 56.5 Å². The van der Waals surface area contributed by atoms with Gasteiger partial charge in [0.15, 0.2) is 0 Å². The molecule has 0 aliphatic rings. The van der Waals surface area contributed by atoms with Gasteiger partial charge in [-0.1, -0.05) is 6.92 Å². The molecule has 1 heterocycles. The second-order valence-corrected chi connectivity index (χ2v) is 5.57. The molecule has 23 heavy (non-hydrogen) atoms. The summed E-state index contributed by atoms with van der Waals surface area (Å²) in [5, 5.41) is 4.36. The summed E-state index contributed by atoms with van der Waals surface area (Å²) < 4.78 is 12.7. The van der Waals surface area contributed by atoms with E-state index < -0.39 is 0 Å². The first kappa shape index (κ1) is 17.1. The van der Waals surface area contributed by atoms with Crippen LogP contribution in [0.1, 0.15) is 36.7 Å². The number of rotatable bonds is 7. The number of ether oxygens (including phenoxy) is 2. The highest BCUT2D eigenvalue weighted by Crippen LogP contribution is 2.19. The Labute approximate surface area is 137 Å². The molecule has 2 rings (SSSR count). The highest BCUT2D eigenvalue weighted by Gasteiger charge is 2.12. The van der Waals surface area contributed by atoms with Crippen LogP contribution in [0.4, 0.5) is 0 Å². The van der Waals surface area contributed by atoms with Crippen molar-refractivity contribution in [3.8, 4) is 11.5 Å². The van der Waals surface area contributed by atoms with Crippen LogP contribution in [0.25, 0.3) is 0 Å². The molecule has 0 amide bonds. The number of aromatic nitrogens is 2. The van der Waals surface area contributed by atoms with Gasteiger partial charge in [0.25, 0.3) is 0 Å². The van der Waals surface area contributed by atoms with Crippen LogP contribution in [-0.4, -0.2) is 22.4 Å². The van der Waals surface area contributed by atoms with E-state index in [1.165, 1.54) is 0 Å². The van der Waals surface area contributed by atoms with Crippen LogP contribution < -0.4 is 9.47 Å². The number of hydrogen-bond acceptors (Lipinski definition) is 4. The fraction of sp³-hybridized carbons (Fsp3) is 0.444. The van der Waals surface area contributed by atoms with Gasteiger partial charge in [0.05, 0.1) is 18.7 Å². The molecular weight excluding hydrogens is 292 g/mol. The molecule has 1 aromatic heterocycles. The number of hydrogen-bond donors (Lipinski definition) is 0. The largest absolute Gasteiger partial charge is 0.494 e. The zero-order valence-corrected chi connectivity index (χ0v) is 14.3. The maximum absolute atomic E-state index is 12.0. The molecule has 124 valence electrons. The molecule has 1 aromatic carbocycles. The molecule has 0 saturated heterocycles.